The normalized spacial score (nSPS) is 18.8. The molecule has 0 bridgehead atoms. The van der Waals surface area contributed by atoms with Crippen LogP contribution in [0.4, 0.5) is 0 Å². The summed E-state index contributed by atoms with van der Waals surface area (Å²) in [5.74, 6) is 0. The molecule has 0 radical (unpaired) electrons. The summed E-state index contributed by atoms with van der Waals surface area (Å²) in [5, 5.41) is 6.45. The van der Waals surface area contributed by atoms with E-state index >= 15 is 0 Å². The van der Waals surface area contributed by atoms with Crippen molar-refractivity contribution in [2.24, 2.45) is 5.41 Å². The van der Waals surface area contributed by atoms with E-state index in [1.807, 2.05) is 6.92 Å². The zero-order valence-corrected chi connectivity index (χ0v) is 12.9. The standard InChI is InChI=1S/C13H20BrClN2/c1-3-17-11(12(15)10(2)16-17)8-13(9-14)6-4-5-7-13/h3-9H2,1-2H3. The lowest BCUT2D eigenvalue weighted by Crippen LogP contribution is -2.23. The molecular weight excluding hydrogens is 300 g/mol. The van der Waals surface area contributed by atoms with Crippen molar-refractivity contribution in [1.82, 2.24) is 9.78 Å². The van der Waals surface area contributed by atoms with Gasteiger partial charge in [0.1, 0.15) is 0 Å². The number of rotatable bonds is 4. The van der Waals surface area contributed by atoms with E-state index in [9.17, 15) is 0 Å². The van der Waals surface area contributed by atoms with Crippen molar-refractivity contribution in [3.8, 4) is 0 Å². The van der Waals surface area contributed by atoms with E-state index in [1.54, 1.807) is 0 Å². The Kier molecular flexibility index (Phi) is 4.19. The second kappa shape index (κ2) is 5.31. The van der Waals surface area contributed by atoms with Crippen LogP contribution in [-0.4, -0.2) is 15.1 Å². The first-order valence-corrected chi connectivity index (χ1v) is 7.89. The maximum atomic E-state index is 6.39. The summed E-state index contributed by atoms with van der Waals surface area (Å²) in [4.78, 5) is 0. The van der Waals surface area contributed by atoms with Crippen molar-refractivity contribution in [3.63, 3.8) is 0 Å². The summed E-state index contributed by atoms with van der Waals surface area (Å²) in [5.41, 5.74) is 2.60. The molecule has 1 saturated carbocycles. The molecule has 96 valence electrons. The number of aryl methyl sites for hydroxylation is 2. The first kappa shape index (κ1) is 13.4. The number of nitrogens with zero attached hydrogens (tertiary/aromatic N) is 2. The number of hydrogen-bond donors (Lipinski definition) is 0. The van der Waals surface area contributed by atoms with Gasteiger partial charge in [0.15, 0.2) is 0 Å². The third-order valence-corrected chi connectivity index (χ3v) is 5.62. The lowest BCUT2D eigenvalue weighted by Gasteiger charge is -2.26. The van der Waals surface area contributed by atoms with Gasteiger partial charge in [-0.3, -0.25) is 4.68 Å². The van der Waals surface area contributed by atoms with Crippen LogP contribution < -0.4 is 0 Å². The van der Waals surface area contributed by atoms with Gasteiger partial charge in [-0.2, -0.15) is 5.10 Å². The van der Waals surface area contributed by atoms with Crippen molar-refractivity contribution in [3.05, 3.63) is 16.4 Å². The fourth-order valence-corrected chi connectivity index (χ4v) is 3.84. The van der Waals surface area contributed by atoms with Crippen LogP contribution in [0.1, 0.15) is 44.0 Å². The fourth-order valence-electron chi connectivity index (χ4n) is 2.88. The first-order chi connectivity index (χ1) is 8.12. The number of hydrogen-bond acceptors (Lipinski definition) is 1. The second-order valence-electron chi connectivity index (χ2n) is 5.18. The van der Waals surface area contributed by atoms with Gasteiger partial charge in [0.25, 0.3) is 0 Å². The molecule has 2 nitrogen and oxygen atoms in total. The summed E-state index contributed by atoms with van der Waals surface area (Å²) in [6.45, 7) is 5.02. The van der Waals surface area contributed by atoms with E-state index in [1.165, 1.54) is 31.4 Å². The summed E-state index contributed by atoms with van der Waals surface area (Å²) in [7, 11) is 0. The van der Waals surface area contributed by atoms with Gasteiger partial charge in [-0.25, -0.2) is 0 Å². The molecule has 0 amide bonds. The molecule has 0 spiro atoms. The SMILES string of the molecule is CCn1nc(C)c(Cl)c1CC1(CBr)CCCC1. The molecule has 1 fully saturated rings. The van der Waals surface area contributed by atoms with Crippen molar-refractivity contribution < 1.29 is 0 Å². The van der Waals surface area contributed by atoms with Gasteiger partial charge in [0.05, 0.1) is 16.4 Å². The Balaban J connectivity index is 2.28. The minimum atomic E-state index is 0.406. The van der Waals surface area contributed by atoms with E-state index < -0.39 is 0 Å². The Hall–Kier alpha value is -0.0200. The average Bonchev–Trinajstić information content (AvgIpc) is 2.90. The predicted octanol–water partition coefficient (Wildman–Crippen LogP) is 4.36. The smallest absolute Gasteiger partial charge is 0.0847 e. The zero-order chi connectivity index (χ0) is 12.5. The molecule has 2 rings (SSSR count). The van der Waals surface area contributed by atoms with Crippen molar-refractivity contribution >= 4 is 27.5 Å². The predicted molar refractivity (Wildman–Crippen MR) is 76.0 cm³/mol. The van der Waals surface area contributed by atoms with Crippen LogP contribution in [0.25, 0.3) is 0 Å². The van der Waals surface area contributed by atoms with Crippen LogP contribution in [0.15, 0.2) is 0 Å². The Morgan fingerprint density at radius 3 is 2.59 bits per heavy atom. The highest BCUT2D eigenvalue weighted by atomic mass is 79.9. The van der Waals surface area contributed by atoms with E-state index in [0.29, 0.717) is 5.41 Å². The highest BCUT2D eigenvalue weighted by Crippen LogP contribution is 2.43. The average molecular weight is 320 g/mol. The Labute approximate surface area is 117 Å². The third kappa shape index (κ3) is 2.55. The number of aromatic nitrogens is 2. The van der Waals surface area contributed by atoms with Crippen LogP contribution in [-0.2, 0) is 13.0 Å². The van der Waals surface area contributed by atoms with Crippen LogP contribution in [0.3, 0.4) is 0 Å². The van der Waals surface area contributed by atoms with Crippen LogP contribution in [0, 0.1) is 12.3 Å². The van der Waals surface area contributed by atoms with E-state index in [2.05, 4.69) is 32.6 Å². The van der Waals surface area contributed by atoms with Crippen molar-refractivity contribution in [2.75, 3.05) is 5.33 Å². The highest BCUT2D eigenvalue weighted by Gasteiger charge is 2.34. The highest BCUT2D eigenvalue weighted by molar-refractivity contribution is 9.09. The van der Waals surface area contributed by atoms with Crippen LogP contribution >= 0.6 is 27.5 Å². The summed E-state index contributed by atoms with van der Waals surface area (Å²) < 4.78 is 2.07. The lowest BCUT2D eigenvalue weighted by molar-refractivity contribution is 0.335. The van der Waals surface area contributed by atoms with Gasteiger partial charge < -0.3 is 0 Å². The van der Waals surface area contributed by atoms with E-state index in [-0.39, 0.29) is 0 Å². The molecule has 1 aromatic heterocycles. The molecule has 0 unspecified atom stereocenters. The molecule has 1 heterocycles. The fraction of sp³-hybridized carbons (Fsp3) is 0.769. The second-order valence-corrected chi connectivity index (χ2v) is 6.12. The quantitative estimate of drug-likeness (QED) is 0.754. The maximum Gasteiger partial charge on any atom is 0.0847 e. The van der Waals surface area contributed by atoms with Gasteiger partial charge in [0.2, 0.25) is 0 Å². The molecule has 0 aromatic carbocycles. The molecule has 1 aliphatic carbocycles. The van der Waals surface area contributed by atoms with Gasteiger partial charge in [-0.1, -0.05) is 40.4 Å². The molecular formula is C13H20BrClN2. The van der Waals surface area contributed by atoms with E-state index in [0.717, 1.165) is 29.0 Å². The third-order valence-electron chi connectivity index (χ3n) is 3.94. The molecule has 0 saturated heterocycles. The first-order valence-electron chi connectivity index (χ1n) is 6.39. The minimum Gasteiger partial charge on any atom is -0.268 e. The monoisotopic (exact) mass is 318 g/mol. The lowest BCUT2D eigenvalue weighted by atomic mass is 9.83. The minimum absolute atomic E-state index is 0.406. The summed E-state index contributed by atoms with van der Waals surface area (Å²) in [6, 6.07) is 0. The van der Waals surface area contributed by atoms with Crippen molar-refractivity contribution in [1.29, 1.82) is 0 Å². The summed E-state index contributed by atoms with van der Waals surface area (Å²) >= 11 is 10.1. The van der Waals surface area contributed by atoms with Gasteiger partial charge in [-0.15, -0.1) is 0 Å². The Bertz CT molecular complexity index is 394. The Morgan fingerprint density at radius 2 is 2.06 bits per heavy atom. The van der Waals surface area contributed by atoms with Gasteiger partial charge in [-0.05, 0) is 38.5 Å². The Morgan fingerprint density at radius 1 is 1.41 bits per heavy atom. The maximum absolute atomic E-state index is 6.39. The number of alkyl halides is 1. The molecule has 1 aliphatic rings. The zero-order valence-electron chi connectivity index (χ0n) is 10.6. The van der Waals surface area contributed by atoms with Crippen LogP contribution in [0.2, 0.25) is 5.02 Å². The van der Waals surface area contributed by atoms with Gasteiger partial charge in [0, 0.05) is 11.9 Å². The molecule has 0 N–H and O–H groups in total. The van der Waals surface area contributed by atoms with Gasteiger partial charge >= 0.3 is 0 Å². The molecule has 4 heteroatoms. The van der Waals surface area contributed by atoms with Crippen molar-refractivity contribution in [2.45, 2.75) is 52.5 Å². The van der Waals surface area contributed by atoms with Crippen LogP contribution in [0.5, 0.6) is 0 Å². The molecule has 0 atom stereocenters. The molecule has 0 aliphatic heterocycles. The van der Waals surface area contributed by atoms with E-state index in [4.69, 9.17) is 11.6 Å². The largest absolute Gasteiger partial charge is 0.268 e. The topological polar surface area (TPSA) is 17.8 Å². The molecule has 1 aromatic rings. The number of halogens is 2. The molecule has 17 heavy (non-hydrogen) atoms. The summed E-state index contributed by atoms with van der Waals surface area (Å²) in [6.07, 6.45) is 6.38.